The Bertz CT molecular complexity index is 610. The fourth-order valence-corrected chi connectivity index (χ4v) is 1.88. The summed E-state index contributed by atoms with van der Waals surface area (Å²) in [6, 6.07) is 5.15. The van der Waals surface area contributed by atoms with Gasteiger partial charge in [0.2, 0.25) is 0 Å². The number of carbonyl (C=O) groups is 1. The van der Waals surface area contributed by atoms with Crippen molar-refractivity contribution in [3.8, 4) is 0 Å². The number of aliphatic hydroxyl groups is 1. The van der Waals surface area contributed by atoms with Gasteiger partial charge in [-0.15, -0.1) is 0 Å². The van der Waals surface area contributed by atoms with E-state index in [4.69, 9.17) is 11.5 Å². The topological polar surface area (TPSA) is 107 Å². The molecule has 2 rings (SSSR count). The third kappa shape index (κ3) is 2.28. The quantitative estimate of drug-likeness (QED) is 0.687. The van der Waals surface area contributed by atoms with Crippen LogP contribution in [0.4, 0.5) is 5.69 Å². The molecule has 0 atom stereocenters. The molecule has 0 radical (unpaired) electrons. The molecule has 0 unspecified atom stereocenters. The molecule has 2 aromatic rings. The van der Waals surface area contributed by atoms with E-state index in [-0.39, 0.29) is 12.4 Å². The minimum atomic E-state index is -0.973. The van der Waals surface area contributed by atoms with E-state index < -0.39 is 11.5 Å². The van der Waals surface area contributed by atoms with Gasteiger partial charge in [-0.2, -0.15) is 0 Å². The molecule has 1 aromatic carbocycles. The molecule has 18 heavy (non-hydrogen) atoms. The Balaban J connectivity index is 2.67. The zero-order chi connectivity index (χ0) is 13.5. The molecule has 0 bridgehead atoms. The van der Waals surface area contributed by atoms with E-state index in [1.54, 1.807) is 36.6 Å². The van der Waals surface area contributed by atoms with Gasteiger partial charge in [0.15, 0.2) is 5.82 Å². The Morgan fingerprint density at radius 3 is 2.72 bits per heavy atom. The minimum absolute atomic E-state index is 0.123. The van der Waals surface area contributed by atoms with Crippen LogP contribution >= 0.6 is 0 Å². The van der Waals surface area contributed by atoms with Gasteiger partial charge in [0.05, 0.1) is 23.2 Å². The van der Waals surface area contributed by atoms with Crippen LogP contribution in [0.2, 0.25) is 0 Å². The molecule has 0 aliphatic heterocycles. The lowest BCUT2D eigenvalue weighted by Crippen LogP contribution is -2.29. The number of benzene rings is 1. The molecule has 0 fully saturated rings. The molecule has 5 N–H and O–H groups in total. The fourth-order valence-electron chi connectivity index (χ4n) is 1.88. The smallest absolute Gasteiger partial charge is 0.284 e. The van der Waals surface area contributed by atoms with Gasteiger partial charge in [-0.25, -0.2) is 4.98 Å². The lowest BCUT2D eigenvalue weighted by atomic mass is 10.1. The number of primary amides is 1. The number of hydrogen-bond acceptors (Lipinski definition) is 4. The predicted molar refractivity (Wildman–Crippen MR) is 69.0 cm³/mol. The number of nitrogens with zero attached hydrogens (tertiary/aromatic N) is 2. The van der Waals surface area contributed by atoms with Crippen LogP contribution in [-0.2, 0) is 6.54 Å². The summed E-state index contributed by atoms with van der Waals surface area (Å²) in [5, 5.41) is 9.88. The summed E-state index contributed by atoms with van der Waals surface area (Å²) in [5.74, 6) is -0.508. The van der Waals surface area contributed by atoms with Gasteiger partial charge in [-0.05, 0) is 32.0 Å². The lowest BCUT2D eigenvalue weighted by Gasteiger charge is -2.19. The van der Waals surface area contributed by atoms with Crippen molar-refractivity contribution in [1.29, 1.82) is 0 Å². The van der Waals surface area contributed by atoms with Gasteiger partial charge in [0.25, 0.3) is 5.91 Å². The predicted octanol–water partition coefficient (Wildman–Crippen LogP) is 0.488. The van der Waals surface area contributed by atoms with Crippen LogP contribution in [0.25, 0.3) is 11.0 Å². The highest BCUT2D eigenvalue weighted by Crippen LogP contribution is 2.21. The van der Waals surface area contributed by atoms with Gasteiger partial charge in [0.1, 0.15) is 0 Å². The molecular weight excluding hydrogens is 232 g/mol. The molecule has 1 heterocycles. The third-order valence-corrected chi connectivity index (χ3v) is 2.54. The van der Waals surface area contributed by atoms with Crippen molar-refractivity contribution in [2.75, 3.05) is 5.73 Å². The summed E-state index contributed by atoms with van der Waals surface area (Å²) in [6.45, 7) is 3.54. The number of carbonyl (C=O) groups excluding carboxylic acids is 1. The highest BCUT2D eigenvalue weighted by molar-refractivity contribution is 5.94. The van der Waals surface area contributed by atoms with Crippen molar-refractivity contribution in [1.82, 2.24) is 9.55 Å². The lowest BCUT2D eigenvalue weighted by molar-refractivity contribution is 0.0614. The first-order valence-corrected chi connectivity index (χ1v) is 5.56. The molecule has 0 spiro atoms. The first-order chi connectivity index (χ1) is 8.28. The summed E-state index contributed by atoms with van der Waals surface area (Å²) in [5.41, 5.74) is 11.9. The highest BCUT2D eigenvalue weighted by Gasteiger charge is 2.21. The SMILES string of the molecule is CC(C)(O)Cn1c(C(N)=O)nc2cc(N)ccc21. The molecule has 0 saturated heterocycles. The molecule has 1 aromatic heterocycles. The van der Waals surface area contributed by atoms with Gasteiger partial charge in [-0.3, -0.25) is 4.79 Å². The average molecular weight is 248 g/mol. The Morgan fingerprint density at radius 1 is 1.50 bits per heavy atom. The number of nitrogens with two attached hydrogens (primary N) is 2. The minimum Gasteiger partial charge on any atom is -0.399 e. The largest absolute Gasteiger partial charge is 0.399 e. The van der Waals surface area contributed by atoms with E-state index in [1.165, 1.54) is 0 Å². The summed E-state index contributed by atoms with van der Waals surface area (Å²) in [7, 11) is 0. The van der Waals surface area contributed by atoms with Gasteiger partial charge in [-0.1, -0.05) is 0 Å². The van der Waals surface area contributed by atoms with E-state index in [1.807, 2.05) is 0 Å². The van der Waals surface area contributed by atoms with Crippen molar-refractivity contribution >= 4 is 22.6 Å². The summed E-state index contributed by atoms with van der Waals surface area (Å²) < 4.78 is 1.61. The maximum Gasteiger partial charge on any atom is 0.284 e. The maximum atomic E-state index is 11.4. The molecule has 1 amide bonds. The van der Waals surface area contributed by atoms with Gasteiger partial charge in [0, 0.05) is 5.69 Å². The van der Waals surface area contributed by atoms with Crippen LogP contribution in [0.5, 0.6) is 0 Å². The number of nitrogen functional groups attached to an aromatic ring is 1. The summed E-state index contributed by atoms with van der Waals surface area (Å²) in [4.78, 5) is 15.5. The normalized spacial score (nSPS) is 11.9. The van der Waals surface area contributed by atoms with Gasteiger partial charge >= 0.3 is 0 Å². The van der Waals surface area contributed by atoms with E-state index >= 15 is 0 Å². The van der Waals surface area contributed by atoms with Crippen LogP contribution in [0, 0.1) is 0 Å². The monoisotopic (exact) mass is 248 g/mol. The van der Waals surface area contributed by atoms with Crippen LogP contribution in [0.1, 0.15) is 24.5 Å². The highest BCUT2D eigenvalue weighted by atomic mass is 16.3. The number of fused-ring (bicyclic) bond motifs is 1. The Labute approximate surface area is 104 Å². The second-order valence-electron chi connectivity index (χ2n) is 4.95. The molecule has 6 nitrogen and oxygen atoms in total. The Kier molecular flexibility index (Phi) is 2.74. The zero-order valence-corrected chi connectivity index (χ0v) is 10.3. The van der Waals surface area contributed by atoms with E-state index in [2.05, 4.69) is 4.98 Å². The first-order valence-electron chi connectivity index (χ1n) is 5.56. The van der Waals surface area contributed by atoms with Crippen molar-refractivity contribution in [2.24, 2.45) is 5.73 Å². The van der Waals surface area contributed by atoms with Crippen molar-refractivity contribution in [2.45, 2.75) is 26.0 Å². The Hall–Kier alpha value is -2.08. The number of imidazole rings is 1. The number of aromatic nitrogens is 2. The van der Waals surface area contributed by atoms with Crippen molar-refractivity contribution < 1.29 is 9.90 Å². The van der Waals surface area contributed by atoms with Crippen LogP contribution < -0.4 is 11.5 Å². The standard InChI is InChI=1S/C12H16N4O2/c1-12(2,18)6-16-9-4-3-7(13)5-8(9)15-11(16)10(14)17/h3-5,18H,6,13H2,1-2H3,(H2,14,17). The first kappa shape index (κ1) is 12.4. The molecule has 96 valence electrons. The van der Waals surface area contributed by atoms with Gasteiger partial charge < -0.3 is 21.1 Å². The number of amides is 1. The second-order valence-corrected chi connectivity index (χ2v) is 4.95. The number of hydrogen-bond donors (Lipinski definition) is 3. The van der Waals surface area contributed by atoms with Crippen LogP contribution in [0.3, 0.4) is 0 Å². The van der Waals surface area contributed by atoms with E-state index in [9.17, 15) is 9.90 Å². The fraction of sp³-hybridized carbons (Fsp3) is 0.333. The van der Waals surface area contributed by atoms with Crippen LogP contribution in [0.15, 0.2) is 18.2 Å². The second kappa shape index (κ2) is 3.99. The van der Waals surface area contributed by atoms with E-state index in [0.29, 0.717) is 11.2 Å². The number of anilines is 1. The van der Waals surface area contributed by atoms with Crippen molar-refractivity contribution in [3.05, 3.63) is 24.0 Å². The summed E-state index contributed by atoms with van der Waals surface area (Å²) in [6.07, 6.45) is 0. The average Bonchev–Trinajstić information content (AvgIpc) is 2.54. The molecule has 0 aliphatic carbocycles. The molecule has 0 saturated carbocycles. The molecule has 6 heteroatoms. The van der Waals surface area contributed by atoms with Crippen molar-refractivity contribution in [3.63, 3.8) is 0 Å². The summed E-state index contributed by atoms with van der Waals surface area (Å²) >= 11 is 0. The molecule has 0 aliphatic rings. The number of rotatable bonds is 3. The third-order valence-electron chi connectivity index (χ3n) is 2.54. The Morgan fingerprint density at radius 2 is 2.17 bits per heavy atom. The maximum absolute atomic E-state index is 11.4. The van der Waals surface area contributed by atoms with E-state index in [0.717, 1.165) is 5.52 Å². The molecular formula is C12H16N4O2. The zero-order valence-electron chi connectivity index (χ0n) is 10.3. The van der Waals surface area contributed by atoms with Crippen LogP contribution in [-0.4, -0.2) is 26.2 Å².